The molecule has 1 aliphatic carbocycles. The van der Waals surface area contributed by atoms with Gasteiger partial charge in [-0.2, -0.15) is 0 Å². The molecule has 1 heterocycles. The Morgan fingerprint density at radius 3 is 2.61 bits per heavy atom. The first kappa shape index (κ1) is 17.3. The molecule has 1 saturated carbocycles. The molecular formula is C15H16Cl3NO4. The van der Waals surface area contributed by atoms with Crippen LogP contribution < -0.4 is 5.32 Å². The van der Waals surface area contributed by atoms with E-state index in [2.05, 4.69) is 5.32 Å². The molecule has 0 aromatic heterocycles. The molecule has 0 spiro atoms. The van der Waals surface area contributed by atoms with Crippen LogP contribution in [0.4, 0.5) is 0 Å². The van der Waals surface area contributed by atoms with Crippen LogP contribution >= 0.6 is 34.8 Å². The van der Waals surface area contributed by atoms with Gasteiger partial charge in [0.25, 0.3) is 9.70 Å². The summed E-state index contributed by atoms with van der Waals surface area (Å²) >= 11 is 16.7. The number of nitrogens with one attached hydrogen (secondary N) is 1. The van der Waals surface area contributed by atoms with Gasteiger partial charge in [0.2, 0.25) is 0 Å². The number of fused-ring (bicyclic) bond motifs is 1. The van der Waals surface area contributed by atoms with Crippen molar-refractivity contribution >= 4 is 40.7 Å². The van der Waals surface area contributed by atoms with E-state index in [0.717, 1.165) is 5.56 Å². The smallest absolute Gasteiger partial charge is 0.272 e. The SMILES string of the molecule is O=C(N[C@H]1[C@H](COCc2ccccc2)[C@@H](O)[C@H]2O[C@@H]12)C(Cl)(Cl)Cl. The second-order valence-corrected chi connectivity index (χ2v) is 8.00. The first-order chi connectivity index (χ1) is 10.9. The van der Waals surface area contributed by atoms with Gasteiger partial charge >= 0.3 is 0 Å². The van der Waals surface area contributed by atoms with Crippen LogP contribution in [0.25, 0.3) is 0 Å². The van der Waals surface area contributed by atoms with E-state index in [-0.39, 0.29) is 24.7 Å². The molecule has 2 aliphatic rings. The van der Waals surface area contributed by atoms with Gasteiger partial charge in [0.15, 0.2) is 0 Å². The third-order valence-electron chi connectivity index (χ3n) is 4.13. The largest absolute Gasteiger partial charge is 0.390 e. The average molecular weight is 381 g/mol. The summed E-state index contributed by atoms with van der Waals surface area (Å²) in [7, 11) is 0. The number of aliphatic hydroxyl groups is 1. The van der Waals surface area contributed by atoms with Crippen molar-refractivity contribution in [1.29, 1.82) is 0 Å². The van der Waals surface area contributed by atoms with Crippen LogP contribution in [0.2, 0.25) is 0 Å². The molecule has 0 radical (unpaired) electrons. The minimum absolute atomic E-state index is 0.258. The minimum atomic E-state index is -2.05. The Hall–Kier alpha value is -0.560. The number of hydrogen-bond acceptors (Lipinski definition) is 4. The average Bonchev–Trinajstić information content (AvgIpc) is 3.25. The molecule has 8 heteroatoms. The molecule has 3 rings (SSSR count). The first-order valence-electron chi connectivity index (χ1n) is 7.21. The Balaban J connectivity index is 1.57. The van der Waals surface area contributed by atoms with Crippen molar-refractivity contribution in [3.8, 4) is 0 Å². The Morgan fingerprint density at radius 2 is 1.96 bits per heavy atom. The molecule has 1 aromatic carbocycles. The maximum absolute atomic E-state index is 11.8. The van der Waals surface area contributed by atoms with Crippen molar-refractivity contribution in [3.63, 3.8) is 0 Å². The van der Waals surface area contributed by atoms with Crippen molar-refractivity contribution < 1.29 is 19.4 Å². The Kier molecular flexibility index (Phi) is 5.06. The van der Waals surface area contributed by atoms with E-state index >= 15 is 0 Å². The van der Waals surface area contributed by atoms with Gasteiger partial charge in [0, 0.05) is 5.92 Å². The maximum atomic E-state index is 11.8. The zero-order chi connectivity index (χ0) is 16.6. The van der Waals surface area contributed by atoms with Crippen LogP contribution in [-0.2, 0) is 20.9 Å². The van der Waals surface area contributed by atoms with E-state index in [1.54, 1.807) is 0 Å². The molecular weight excluding hydrogens is 365 g/mol. The van der Waals surface area contributed by atoms with Crippen LogP contribution in [-0.4, -0.2) is 45.8 Å². The molecule has 2 N–H and O–H groups in total. The molecule has 1 saturated heterocycles. The van der Waals surface area contributed by atoms with Gasteiger partial charge in [-0.15, -0.1) is 0 Å². The van der Waals surface area contributed by atoms with Crippen LogP contribution in [0.5, 0.6) is 0 Å². The number of benzene rings is 1. The van der Waals surface area contributed by atoms with Crippen LogP contribution in [0.3, 0.4) is 0 Å². The van der Waals surface area contributed by atoms with Crippen LogP contribution in [0.15, 0.2) is 30.3 Å². The third kappa shape index (κ3) is 3.92. The summed E-state index contributed by atoms with van der Waals surface area (Å²) in [4.78, 5) is 11.8. The maximum Gasteiger partial charge on any atom is 0.272 e. The van der Waals surface area contributed by atoms with E-state index in [1.165, 1.54) is 0 Å². The van der Waals surface area contributed by atoms with E-state index in [0.29, 0.717) is 6.61 Å². The molecule has 0 bridgehead atoms. The lowest BCUT2D eigenvalue weighted by Gasteiger charge is -2.26. The zero-order valence-corrected chi connectivity index (χ0v) is 14.3. The summed E-state index contributed by atoms with van der Waals surface area (Å²) in [5, 5.41) is 12.9. The fourth-order valence-corrected chi connectivity index (χ4v) is 3.08. The zero-order valence-electron chi connectivity index (χ0n) is 12.0. The Bertz CT molecular complexity index is 566. The minimum Gasteiger partial charge on any atom is -0.390 e. The van der Waals surface area contributed by atoms with Crippen molar-refractivity contribution in [2.45, 2.75) is 34.8 Å². The summed E-state index contributed by atoms with van der Waals surface area (Å²) < 4.78 is 8.96. The number of halogens is 3. The summed E-state index contributed by atoms with van der Waals surface area (Å²) in [6, 6.07) is 9.25. The highest BCUT2D eigenvalue weighted by atomic mass is 35.6. The number of epoxide rings is 1. The monoisotopic (exact) mass is 379 g/mol. The van der Waals surface area contributed by atoms with E-state index in [1.807, 2.05) is 30.3 Å². The van der Waals surface area contributed by atoms with Crippen molar-refractivity contribution in [3.05, 3.63) is 35.9 Å². The topological polar surface area (TPSA) is 71.1 Å². The number of alkyl halides is 3. The van der Waals surface area contributed by atoms with Gasteiger partial charge in [0.05, 0.1) is 25.4 Å². The number of aliphatic hydroxyl groups excluding tert-OH is 1. The van der Waals surface area contributed by atoms with Crippen molar-refractivity contribution in [1.82, 2.24) is 5.32 Å². The van der Waals surface area contributed by atoms with Gasteiger partial charge < -0.3 is 19.9 Å². The molecule has 126 valence electrons. The highest BCUT2D eigenvalue weighted by Gasteiger charge is 2.62. The first-order valence-corrected chi connectivity index (χ1v) is 8.34. The predicted molar refractivity (Wildman–Crippen MR) is 86.5 cm³/mol. The van der Waals surface area contributed by atoms with Gasteiger partial charge in [0.1, 0.15) is 12.2 Å². The Morgan fingerprint density at radius 1 is 1.26 bits per heavy atom. The number of carbonyl (C=O) groups excluding carboxylic acids is 1. The molecule has 5 atom stereocenters. The summed E-state index contributed by atoms with van der Waals surface area (Å²) in [6.45, 7) is 0.697. The number of carbonyl (C=O) groups is 1. The quantitative estimate of drug-likeness (QED) is 0.604. The molecule has 5 nitrogen and oxygen atoms in total. The molecule has 2 fully saturated rings. The molecule has 0 unspecified atom stereocenters. The Labute approximate surface area is 148 Å². The number of ether oxygens (including phenoxy) is 2. The standard InChI is InChI=1S/C15H16Cl3NO4/c16-15(17,18)14(21)19-10-9(11(20)13-12(10)23-13)7-22-6-8-4-2-1-3-5-8/h1-5,9-13,20H,6-7H2,(H,19,21)/t9-,10-,11+,12-,13+/m0/s1. The van der Waals surface area contributed by atoms with E-state index in [9.17, 15) is 9.90 Å². The lowest BCUT2D eigenvalue weighted by Crippen LogP contribution is -2.49. The molecule has 1 aromatic rings. The molecule has 1 aliphatic heterocycles. The fourth-order valence-electron chi connectivity index (χ4n) is 2.91. The number of rotatable bonds is 5. The van der Waals surface area contributed by atoms with Crippen LogP contribution in [0.1, 0.15) is 5.56 Å². The van der Waals surface area contributed by atoms with Gasteiger partial charge in [-0.05, 0) is 5.56 Å². The number of hydrogen-bond donors (Lipinski definition) is 2. The highest BCUT2D eigenvalue weighted by molar-refractivity contribution is 6.76. The van der Waals surface area contributed by atoms with Gasteiger partial charge in [-0.1, -0.05) is 65.1 Å². The second kappa shape index (κ2) is 6.75. The summed E-state index contributed by atoms with van der Waals surface area (Å²) in [6.07, 6.45) is -1.26. The van der Waals surface area contributed by atoms with Crippen LogP contribution in [0, 0.1) is 5.92 Å². The normalized spacial score (nSPS) is 32.4. The molecule has 1 amide bonds. The van der Waals surface area contributed by atoms with Crippen molar-refractivity contribution in [2.75, 3.05) is 6.61 Å². The molecule has 23 heavy (non-hydrogen) atoms. The van der Waals surface area contributed by atoms with Crippen molar-refractivity contribution in [2.24, 2.45) is 5.92 Å². The number of amides is 1. The fraction of sp³-hybridized carbons (Fsp3) is 0.533. The van der Waals surface area contributed by atoms with E-state index < -0.39 is 21.8 Å². The lowest BCUT2D eigenvalue weighted by molar-refractivity contribution is -0.122. The predicted octanol–water partition coefficient (Wildman–Crippen LogP) is 1.82. The summed E-state index contributed by atoms with van der Waals surface area (Å²) in [5.74, 6) is -1.04. The summed E-state index contributed by atoms with van der Waals surface area (Å²) in [5.41, 5.74) is 1.03. The van der Waals surface area contributed by atoms with Gasteiger partial charge in [-0.3, -0.25) is 4.79 Å². The lowest BCUT2D eigenvalue weighted by atomic mass is 10.0. The highest BCUT2D eigenvalue weighted by Crippen LogP contribution is 2.43. The second-order valence-electron chi connectivity index (χ2n) is 5.72. The van der Waals surface area contributed by atoms with E-state index in [4.69, 9.17) is 44.3 Å². The third-order valence-corrected chi connectivity index (χ3v) is 4.64. The van der Waals surface area contributed by atoms with Gasteiger partial charge in [-0.25, -0.2) is 0 Å².